The van der Waals surface area contributed by atoms with Gasteiger partial charge in [-0.2, -0.15) is 0 Å². The van der Waals surface area contributed by atoms with E-state index in [1.807, 2.05) is 6.07 Å². The van der Waals surface area contributed by atoms with Gasteiger partial charge in [0.25, 0.3) is 0 Å². The summed E-state index contributed by atoms with van der Waals surface area (Å²) in [5.74, 6) is -0.840. The van der Waals surface area contributed by atoms with Crippen LogP contribution in [0.1, 0.15) is 57.3 Å². The van der Waals surface area contributed by atoms with Gasteiger partial charge in [0.05, 0.1) is 11.6 Å². The Bertz CT molecular complexity index is 658. The average Bonchev–Trinajstić information content (AvgIpc) is 2.64. The van der Waals surface area contributed by atoms with Gasteiger partial charge >= 0.3 is 12.1 Å². The van der Waals surface area contributed by atoms with Crippen molar-refractivity contribution in [3.8, 4) is 0 Å². The molecule has 0 bridgehead atoms. The van der Waals surface area contributed by atoms with Gasteiger partial charge in [0, 0.05) is 0 Å². The van der Waals surface area contributed by atoms with Crippen LogP contribution in [0.3, 0.4) is 0 Å². The molecule has 0 saturated carbocycles. The fourth-order valence-electron chi connectivity index (χ4n) is 2.44. The average molecular weight is 408 g/mol. The third-order valence-corrected chi connectivity index (χ3v) is 3.90. The Kier molecular flexibility index (Phi) is 10.2. The predicted molar refractivity (Wildman–Crippen MR) is 110 cm³/mol. The molecule has 0 heterocycles. The van der Waals surface area contributed by atoms with E-state index in [4.69, 9.17) is 15.2 Å². The first-order chi connectivity index (χ1) is 13.6. The maximum atomic E-state index is 12.5. The van der Waals surface area contributed by atoms with Gasteiger partial charge in [0.15, 0.2) is 0 Å². The monoisotopic (exact) mass is 407 g/mol. The van der Waals surface area contributed by atoms with Crippen LogP contribution in [-0.2, 0) is 14.3 Å². The Labute approximate surface area is 172 Å². The zero-order valence-corrected chi connectivity index (χ0v) is 17.7. The van der Waals surface area contributed by atoms with Gasteiger partial charge in [0.1, 0.15) is 18.2 Å². The minimum Gasteiger partial charge on any atom is -0.460 e. The van der Waals surface area contributed by atoms with Crippen LogP contribution >= 0.6 is 0 Å². The molecule has 2 atom stereocenters. The summed E-state index contributed by atoms with van der Waals surface area (Å²) in [5.41, 5.74) is 5.32. The third kappa shape index (κ3) is 10.5. The Hall–Kier alpha value is -2.61. The molecule has 0 aliphatic rings. The summed E-state index contributed by atoms with van der Waals surface area (Å²) in [6.45, 7) is 7.36. The van der Waals surface area contributed by atoms with E-state index in [0.29, 0.717) is 18.5 Å². The number of unbranched alkanes of at least 4 members (excludes halogenated alkanes) is 1. The second-order valence-corrected chi connectivity index (χ2v) is 7.82. The zero-order valence-electron chi connectivity index (χ0n) is 17.7. The number of alkyl carbamates (subject to hydrolysis) is 1. The molecular formula is C21H33N3O5. The van der Waals surface area contributed by atoms with E-state index in [-0.39, 0.29) is 18.6 Å². The van der Waals surface area contributed by atoms with Crippen molar-refractivity contribution in [1.29, 1.82) is 0 Å². The van der Waals surface area contributed by atoms with Gasteiger partial charge < -0.3 is 25.8 Å². The highest BCUT2D eigenvalue weighted by Gasteiger charge is 2.23. The number of hydrogen-bond donors (Lipinski definition) is 3. The van der Waals surface area contributed by atoms with Gasteiger partial charge in [-0.1, -0.05) is 24.6 Å². The van der Waals surface area contributed by atoms with Crippen molar-refractivity contribution in [2.24, 2.45) is 5.73 Å². The fourth-order valence-corrected chi connectivity index (χ4v) is 2.44. The quantitative estimate of drug-likeness (QED) is 0.405. The highest BCUT2D eigenvalue weighted by Crippen LogP contribution is 2.08. The lowest BCUT2D eigenvalue weighted by Crippen LogP contribution is -2.50. The lowest BCUT2D eigenvalue weighted by atomic mass is 10.1. The number of rotatable bonds is 10. The molecule has 8 nitrogen and oxygen atoms in total. The zero-order chi connectivity index (χ0) is 21.9. The van der Waals surface area contributed by atoms with Crippen LogP contribution in [0.4, 0.5) is 4.79 Å². The number of nitrogens with one attached hydrogen (secondary N) is 2. The van der Waals surface area contributed by atoms with Crippen LogP contribution in [0.2, 0.25) is 0 Å². The third-order valence-electron chi connectivity index (χ3n) is 3.90. The van der Waals surface area contributed by atoms with Crippen molar-refractivity contribution in [2.75, 3.05) is 13.2 Å². The van der Waals surface area contributed by atoms with Crippen molar-refractivity contribution < 1.29 is 23.9 Å². The number of hydrogen-bond acceptors (Lipinski definition) is 6. The van der Waals surface area contributed by atoms with Gasteiger partial charge in [-0.15, -0.1) is 0 Å². The van der Waals surface area contributed by atoms with Crippen LogP contribution < -0.4 is 16.4 Å². The second-order valence-electron chi connectivity index (χ2n) is 7.82. The number of carbonyl (C=O) groups is 3. The second kappa shape index (κ2) is 12.1. The topological polar surface area (TPSA) is 120 Å². The maximum Gasteiger partial charge on any atom is 0.408 e. The molecule has 0 radical (unpaired) electrons. The van der Waals surface area contributed by atoms with Crippen LogP contribution in [0.15, 0.2) is 30.3 Å². The molecule has 0 fully saturated rings. The number of amides is 2. The first-order valence-corrected chi connectivity index (χ1v) is 9.84. The van der Waals surface area contributed by atoms with Crippen molar-refractivity contribution in [1.82, 2.24) is 10.6 Å². The van der Waals surface area contributed by atoms with Gasteiger partial charge in [-0.3, -0.25) is 4.79 Å². The van der Waals surface area contributed by atoms with E-state index < -0.39 is 23.7 Å². The molecule has 2 amide bonds. The van der Waals surface area contributed by atoms with Crippen molar-refractivity contribution >= 4 is 18.0 Å². The smallest absolute Gasteiger partial charge is 0.408 e. The van der Waals surface area contributed by atoms with Crippen LogP contribution in [0.5, 0.6) is 0 Å². The maximum absolute atomic E-state index is 12.5. The largest absolute Gasteiger partial charge is 0.460 e. The molecule has 1 aromatic rings. The minimum atomic E-state index is -0.799. The SMILES string of the molecule is C[C@H](NC(=O)OC(C)(C)C)C(=O)N[C@@H](CCCCN)COC(=O)c1ccccc1. The van der Waals surface area contributed by atoms with Gasteiger partial charge in [0.2, 0.25) is 5.91 Å². The molecule has 0 aromatic heterocycles. The van der Waals surface area contributed by atoms with Crippen molar-refractivity contribution in [3.63, 3.8) is 0 Å². The number of ether oxygens (including phenoxy) is 2. The predicted octanol–water partition coefficient (Wildman–Crippen LogP) is 2.37. The van der Waals surface area contributed by atoms with Crippen molar-refractivity contribution in [3.05, 3.63) is 35.9 Å². The fraction of sp³-hybridized carbons (Fsp3) is 0.571. The number of benzene rings is 1. The molecule has 8 heteroatoms. The summed E-state index contributed by atoms with van der Waals surface area (Å²) in [6, 6.07) is 7.46. The summed E-state index contributed by atoms with van der Waals surface area (Å²) in [7, 11) is 0. The number of esters is 1. The minimum absolute atomic E-state index is 0.0309. The first-order valence-electron chi connectivity index (χ1n) is 9.84. The van der Waals surface area contributed by atoms with Gasteiger partial charge in [-0.25, -0.2) is 9.59 Å². The van der Waals surface area contributed by atoms with Crippen molar-refractivity contribution in [2.45, 2.75) is 64.6 Å². The van der Waals surface area contributed by atoms with Crippen LogP contribution in [0, 0.1) is 0 Å². The van der Waals surface area contributed by atoms with E-state index >= 15 is 0 Å². The van der Waals surface area contributed by atoms with Gasteiger partial charge in [-0.05, 0) is 59.2 Å². The standard InChI is InChI=1S/C21H33N3O5/c1-15(23-20(27)29-21(2,3)4)18(25)24-17(12-8-9-13-22)14-28-19(26)16-10-6-5-7-11-16/h5-7,10-11,15,17H,8-9,12-14,22H2,1-4H3,(H,23,27)(H,24,25)/t15-,17-/m0/s1. The van der Waals surface area contributed by atoms with Crippen LogP contribution in [0.25, 0.3) is 0 Å². The van der Waals surface area contributed by atoms with E-state index in [0.717, 1.165) is 12.8 Å². The lowest BCUT2D eigenvalue weighted by molar-refractivity contribution is -0.123. The Morgan fingerprint density at radius 3 is 2.31 bits per heavy atom. The molecule has 0 spiro atoms. The summed E-state index contributed by atoms with van der Waals surface area (Å²) in [4.78, 5) is 36.4. The molecule has 162 valence electrons. The number of carbonyl (C=O) groups excluding carboxylic acids is 3. The Balaban J connectivity index is 2.60. The normalized spacial score (nSPS) is 13.1. The summed E-state index contributed by atoms with van der Waals surface area (Å²) in [5, 5.41) is 5.32. The molecular weight excluding hydrogens is 374 g/mol. The molecule has 1 rings (SSSR count). The molecule has 0 saturated heterocycles. The molecule has 0 unspecified atom stereocenters. The lowest BCUT2D eigenvalue weighted by Gasteiger charge is -2.24. The Morgan fingerprint density at radius 2 is 1.72 bits per heavy atom. The molecule has 29 heavy (non-hydrogen) atoms. The summed E-state index contributed by atoms with van der Waals surface area (Å²) < 4.78 is 10.5. The number of nitrogens with two attached hydrogens (primary N) is 1. The Morgan fingerprint density at radius 1 is 1.07 bits per heavy atom. The van der Waals surface area contributed by atoms with E-state index in [9.17, 15) is 14.4 Å². The highest BCUT2D eigenvalue weighted by molar-refractivity contribution is 5.89. The van der Waals surface area contributed by atoms with E-state index in [1.165, 1.54) is 0 Å². The van der Waals surface area contributed by atoms with Crippen LogP contribution in [-0.4, -0.2) is 48.8 Å². The summed E-state index contributed by atoms with van der Waals surface area (Å²) >= 11 is 0. The molecule has 4 N–H and O–H groups in total. The van der Waals surface area contributed by atoms with E-state index in [1.54, 1.807) is 52.0 Å². The highest BCUT2D eigenvalue weighted by atomic mass is 16.6. The summed E-state index contributed by atoms with van der Waals surface area (Å²) in [6.07, 6.45) is 1.50. The molecule has 0 aliphatic carbocycles. The first kappa shape index (κ1) is 24.4. The molecule has 0 aliphatic heterocycles. The van der Waals surface area contributed by atoms with E-state index in [2.05, 4.69) is 10.6 Å². The molecule has 1 aromatic carbocycles.